The maximum atomic E-state index is 14.0. The third kappa shape index (κ3) is 9.82. The molecule has 3 aliphatic rings. The van der Waals surface area contributed by atoms with E-state index in [2.05, 4.69) is 38.2 Å². The Morgan fingerprint density at radius 1 is 0.954 bits per heavy atom. The number of rotatable bonds is 13. The molecule has 4 amide bonds. The standard InChI is InChI=1S/C45H50N8O11S/c1-45(2)23-32(46-31-9-5-7-29(21-31)41-49-42(63-24-37(55)56)39(64-41)43(58)59)16-19-53(45)65(61,62)25-26-6-4-8-30(20-26)47-44(60)52-17-14-27(15-18-52)28-10-11-33-35(22-28)51(3)50-38(33)34-12-13-36(54)48-40(34)57/h4-11,20-22,27,32,34,46H,12-19,23-25H2,1-3H3,(H,47,60)(H,55,56)(H,58,59)(H,48,54,57). The van der Waals surface area contributed by atoms with Crippen molar-refractivity contribution in [3.8, 4) is 17.3 Å². The predicted octanol–water partition coefficient (Wildman–Crippen LogP) is 5.51. The number of urea groups is 1. The van der Waals surface area contributed by atoms with Gasteiger partial charge in [-0.2, -0.15) is 14.4 Å². The molecule has 5 aromatic rings. The summed E-state index contributed by atoms with van der Waals surface area (Å²) >= 11 is 0. The quantitative estimate of drug-likeness (QED) is 0.0914. The number of fused-ring (bicyclic) bond motifs is 1. The fourth-order valence-electron chi connectivity index (χ4n) is 9.21. The maximum absolute atomic E-state index is 14.0. The molecule has 3 fully saturated rings. The number of likely N-dealkylation sites (tertiary alicyclic amines) is 1. The minimum absolute atomic E-state index is 0.0706. The van der Waals surface area contributed by atoms with E-state index in [1.54, 1.807) is 52.0 Å². The molecule has 3 aromatic carbocycles. The molecule has 2 aromatic heterocycles. The van der Waals surface area contributed by atoms with Gasteiger partial charge in [-0.3, -0.25) is 19.6 Å². The Bertz CT molecular complexity index is 2790. The molecular formula is C45H50N8O11S. The number of nitrogens with one attached hydrogen (secondary N) is 3. The van der Waals surface area contributed by atoms with Crippen LogP contribution in [0.4, 0.5) is 16.2 Å². The van der Waals surface area contributed by atoms with Gasteiger partial charge in [0.05, 0.1) is 22.9 Å². The number of aryl methyl sites for hydroxylation is 1. The molecule has 65 heavy (non-hydrogen) atoms. The van der Waals surface area contributed by atoms with Crippen molar-refractivity contribution in [3.05, 3.63) is 89.3 Å². The molecule has 5 heterocycles. The summed E-state index contributed by atoms with van der Waals surface area (Å²) in [6.45, 7) is 4.28. The fourth-order valence-corrected chi connectivity index (χ4v) is 11.2. The average Bonchev–Trinajstić information content (AvgIpc) is 3.83. The first-order valence-electron chi connectivity index (χ1n) is 21.4. The smallest absolute Gasteiger partial charge is 0.377 e. The molecule has 2 unspecified atom stereocenters. The summed E-state index contributed by atoms with van der Waals surface area (Å²) in [7, 11) is -1.95. The Hall–Kier alpha value is -6.80. The largest absolute Gasteiger partial charge is 0.479 e. The van der Waals surface area contributed by atoms with Crippen LogP contribution in [0.5, 0.6) is 5.88 Å². The van der Waals surface area contributed by atoms with Gasteiger partial charge in [0.1, 0.15) is 0 Å². The van der Waals surface area contributed by atoms with Crippen LogP contribution in [0.2, 0.25) is 0 Å². The summed E-state index contributed by atoms with van der Waals surface area (Å²) in [5, 5.41) is 32.8. The van der Waals surface area contributed by atoms with E-state index in [0.29, 0.717) is 60.5 Å². The first-order chi connectivity index (χ1) is 30.9. The van der Waals surface area contributed by atoms with E-state index in [1.165, 1.54) is 4.31 Å². The van der Waals surface area contributed by atoms with Gasteiger partial charge in [0.2, 0.25) is 27.7 Å². The number of oxazole rings is 1. The molecule has 19 nitrogen and oxygen atoms in total. The highest BCUT2D eigenvalue weighted by atomic mass is 32.2. The number of aromatic nitrogens is 3. The number of piperidine rings is 3. The van der Waals surface area contributed by atoms with Crippen molar-refractivity contribution in [2.45, 2.75) is 81.5 Å². The number of anilines is 2. The molecule has 20 heteroatoms. The van der Waals surface area contributed by atoms with Crippen LogP contribution in [0.15, 0.2) is 71.1 Å². The zero-order valence-electron chi connectivity index (χ0n) is 36.1. The number of hydrogen-bond acceptors (Lipinski definition) is 12. The average molecular weight is 911 g/mol. The lowest BCUT2D eigenvalue weighted by atomic mass is 9.88. The van der Waals surface area contributed by atoms with Crippen LogP contribution >= 0.6 is 0 Å². The van der Waals surface area contributed by atoms with E-state index in [4.69, 9.17) is 14.3 Å². The van der Waals surface area contributed by atoms with E-state index in [9.17, 15) is 37.5 Å². The molecule has 0 radical (unpaired) electrons. The Balaban J connectivity index is 0.846. The van der Waals surface area contributed by atoms with Gasteiger partial charge >= 0.3 is 18.0 Å². The highest BCUT2D eigenvalue weighted by molar-refractivity contribution is 7.88. The molecule has 3 aliphatic heterocycles. The molecule has 0 spiro atoms. The zero-order chi connectivity index (χ0) is 46.2. The molecule has 342 valence electrons. The number of carbonyl (C=O) groups excluding carboxylic acids is 3. The first kappa shape index (κ1) is 44.8. The van der Waals surface area contributed by atoms with E-state index in [1.807, 2.05) is 33.0 Å². The van der Waals surface area contributed by atoms with Crippen molar-refractivity contribution in [1.82, 2.24) is 29.3 Å². The summed E-state index contributed by atoms with van der Waals surface area (Å²) in [6.07, 6.45) is 3.17. The minimum Gasteiger partial charge on any atom is -0.479 e. The topological polar surface area (TPSA) is 256 Å². The monoisotopic (exact) mass is 910 g/mol. The summed E-state index contributed by atoms with van der Waals surface area (Å²) < 4.78 is 41.7. The van der Waals surface area contributed by atoms with E-state index < -0.39 is 51.7 Å². The number of nitrogens with zero attached hydrogens (tertiary/aromatic N) is 5. The van der Waals surface area contributed by atoms with Gasteiger partial charge in [-0.1, -0.05) is 30.3 Å². The van der Waals surface area contributed by atoms with Gasteiger partial charge in [-0.25, -0.2) is 22.8 Å². The number of ether oxygens (including phenoxy) is 1. The number of carboxylic acid groups (broad SMARTS) is 2. The van der Waals surface area contributed by atoms with Gasteiger partial charge < -0.3 is 34.9 Å². The first-order valence-corrected chi connectivity index (χ1v) is 23.0. The molecule has 8 rings (SSSR count). The summed E-state index contributed by atoms with van der Waals surface area (Å²) in [5.74, 6) is -5.01. The van der Waals surface area contributed by atoms with Crippen LogP contribution in [0.25, 0.3) is 22.4 Å². The molecule has 0 saturated carbocycles. The van der Waals surface area contributed by atoms with E-state index in [-0.39, 0.29) is 54.4 Å². The zero-order valence-corrected chi connectivity index (χ0v) is 36.9. The third-order valence-electron chi connectivity index (χ3n) is 12.3. The van der Waals surface area contributed by atoms with Crippen molar-refractivity contribution in [3.63, 3.8) is 0 Å². The number of benzene rings is 3. The number of carbonyl (C=O) groups is 5. The van der Waals surface area contributed by atoms with Crippen molar-refractivity contribution in [2.24, 2.45) is 7.05 Å². The Labute approximate surface area is 374 Å². The lowest BCUT2D eigenvalue weighted by Crippen LogP contribution is -2.55. The van der Waals surface area contributed by atoms with Crippen LogP contribution < -0.4 is 20.7 Å². The van der Waals surface area contributed by atoms with Gasteiger partial charge in [0, 0.05) is 67.0 Å². The Kier molecular flexibility index (Phi) is 12.4. The summed E-state index contributed by atoms with van der Waals surface area (Å²) in [4.78, 5) is 66.2. The molecule has 3 saturated heterocycles. The molecule has 0 aliphatic carbocycles. The normalized spacial score (nSPS) is 19.5. The Morgan fingerprint density at radius 2 is 1.71 bits per heavy atom. The number of sulfonamides is 1. The maximum Gasteiger partial charge on any atom is 0.377 e. The van der Waals surface area contributed by atoms with Crippen LogP contribution in [0.1, 0.15) is 91.6 Å². The SMILES string of the molecule is Cn1nc(C2CCC(=O)NC2=O)c2ccc(C3CCN(C(=O)Nc4cccc(CS(=O)(=O)N5CCC(Nc6cccc(-c7nc(OCC(=O)O)c(C(=O)O)o7)c6)CC5(C)C)c4)CC3)cc21. The number of imide groups is 1. The van der Waals surface area contributed by atoms with Gasteiger partial charge in [0.15, 0.2) is 6.61 Å². The number of aliphatic carboxylic acids is 1. The van der Waals surface area contributed by atoms with Crippen molar-refractivity contribution in [2.75, 3.05) is 36.9 Å². The lowest BCUT2D eigenvalue weighted by Gasteiger charge is -2.45. The number of hydrogen-bond donors (Lipinski definition) is 5. The second kappa shape index (κ2) is 18.0. The van der Waals surface area contributed by atoms with Gasteiger partial charge in [0.25, 0.3) is 11.6 Å². The highest BCUT2D eigenvalue weighted by Gasteiger charge is 2.42. The van der Waals surface area contributed by atoms with Crippen molar-refractivity contribution < 1.29 is 51.8 Å². The number of amides is 4. The van der Waals surface area contributed by atoms with Crippen LogP contribution in [-0.4, -0.2) is 110 Å². The molecule has 2 atom stereocenters. The second-order valence-electron chi connectivity index (χ2n) is 17.4. The molecular weight excluding hydrogens is 861 g/mol. The number of carboxylic acids is 2. The Morgan fingerprint density at radius 3 is 2.43 bits per heavy atom. The fraction of sp³-hybridized carbons (Fsp3) is 0.400. The second-order valence-corrected chi connectivity index (χ2v) is 19.3. The lowest BCUT2D eigenvalue weighted by molar-refractivity contribution is -0.139. The van der Waals surface area contributed by atoms with E-state index in [0.717, 1.165) is 29.3 Å². The van der Waals surface area contributed by atoms with Gasteiger partial charge in [-0.05, 0) is 99.4 Å². The van der Waals surface area contributed by atoms with E-state index >= 15 is 0 Å². The number of aromatic carboxylic acids is 1. The third-order valence-corrected chi connectivity index (χ3v) is 14.3. The van der Waals surface area contributed by atoms with Crippen LogP contribution in [0.3, 0.4) is 0 Å². The summed E-state index contributed by atoms with van der Waals surface area (Å²) in [5.41, 5.74) is 4.06. The molecule has 0 bridgehead atoms. The summed E-state index contributed by atoms with van der Waals surface area (Å²) in [6, 6.07) is 19.6. The predicted molar refractivity (Wildman–Crippen MR) is 237 cm³/mol. The van der Waals surface area contributed by atoms with Crippen molar-refractivity contribution >= 4 is 62.1 Å². The van der Waals surface area contributed by atoms with Crippen LogP contribution in [-0.2, 0) is 37.2 Å². The molecule has 5 N–H and O–H groups in total. The van der Waals surface area contributed by atoms with Crippen molar-refractivity contribution in [1.29, 1.82) is 0 Å². The van der Waals surface area contributed by atoms with Gasteiger partial charge in [-0.15, -0.1) is 0 Å². The minimum atomic E-state index is -3.80. The highest BCUT2D eigenvalue weighted by Crippen LogP contribution is 2.37. The van der Waals surface area contributed by atoms with Crippen LogP contribution in [0, 0.1) is 0 Å².